The number of urea groups is 1. The van der Waals surface area contributed by atoms with Gasteiger partial charge in [0, 0.05) is 13.1 Å². The van der Waals surface area contributed by atoms with Crippen molar-refractivity contribution in [1.82, 2.24) is 10.4 Å². The minimum Gasteiger partial charge on any atom is -0.322 e. The van der Waals surface area contributed by atoms with Crippen molar-refractivity contribution < 1.29 is 9.63 Å². The van der Waals surface area contributed by atoms with Crippen molar-refractivity contribution in [3.05, 3.63) is 0 Å². The maximum absolute atomic E-state index is 11.1. The van der Waals surface area contributed by atoms with Gasteiger partial charge in [0.15, 0.2) is 0 Å². The molecule has 0 unspecified atom stereocenters. The van der Waals surface area contributed by atoms with Crippen molar-refractivity contribution in [3.63, 3.8) is 0 Å². The molecule has 2 rings (SSSR count). The van der Waals surface area contributed by atoms with Gasteiger partial charge in [-0.05, 0) is 24.7 Å². The Hall–Kier alpha value is -0.770. The van der Waals surface area contributed by atoms with E-state index in [0.717, 1.165) is 24.9 Å². The summed E-state index contributed by atoms with van der Waals surface area (Å²) in [4.78, 5) is 17.4. The zero-order chi connectivity index (χ0) is 8.55. The first-order valence-corrected chi connectivity index (χ1v) is 4.39. The molecule has 1 N–H and O–H groups in total. The van der Waals surface area contributed by atoms with E-state index in [9.17, 15) is 4.79 Å². The third-order valence-electron chi connectivity index (χ3n) is 2.68. The Morgan fingerprint density at radius 3 is 2.58 bits per heavy atom. The second-order valence-corrected chi connectivity index (χ2v) is 3.61. The number of carbonyl (C=O) groups excluding carboxylic acids is 1. The predicted molar refractivity (Wildman–Crippen MR) is 43.3 cm³/mol. The Balaban J connectivity index is 1.69. The van der Waals surface area contributed by atoms with Gasteiger partial charge in [0.05, 0.1) is 7.11 Å². The molecule has 0 aromatic rings. The molecule has 1 saturated heterocycles. The molecule has 1 saturated carbocycles. The predicted octanol–water partition coefficient (Wildman–Crippen LogP) is 0.599. The van der Waals surface area contributed by atoms with Crippen molar-refractivity contribution in [2.75, 3.05) is 20.2 Å². The highest BCUT2D eigenvalue weighted by Gasteiger charge is 2.40. The molecule has 1 aliphatic heterocycles. The monoisotopic (exact) mass is 170 g/mol. The second-order valence-electron chi connectivity index (χ2n) is 3.61. The summed E-state index contributed by atoms with van der Waals surface area (Å²) in [6, 6.07) is -0.102. The van der Waals surface area contributed by atoms with Crippen LogP contribution in [0.25, 0.3) is 0 Å². The van der Waals surface area contributed by atoms with Gasteiger partial charge in [0.25, 0.3) is 0 Å². The SMILES string of the molecule is CONC(=O)N1CC(C2CC2)C1. The largest absolute Gasteiger partial charge is 0.341 e. The molecule has 0 aromatic heterocycles. The molecule has 0 bridgehead atoms. The summed E-state index contributed by atoms with van der Waals surface area (Å²) >= 11 is 0. The summed E-state index contributed by atoms with van der Waals surface area (Å²) in [6.45, 7) is 1.83. The topological polar surface area (TPSA) is 41.6 Å². The summed E-state index contributed by atoms with van der Waals surface area (Å²) in [5.41, 5.74) is 2.31. The average molecular weight is 170 g/mol. The molecular formula is C8H14N2O2. The van der Waals surface area contributed by atoms with Crippen LogP contribution in [0.1, 0.15) is 12.8 Å². The van der Waals surface area contributed by atoms with Gasteiger partial charge < -0.3 is 4.90 Å². The van der Waals surface area contributed by atoms with Gasteiger partial charge >= 0.3 is 6.03 Å². The van der Waals surface area contributed by atoms with Gasteiger partial charge in [-0.2, -0.15) is 0 Å². The molecule has 4 heteroatoms. The van der Waals surface area contributed by atoms with Crippen molar-refractivity contribution in [3.8, 4) is 0 Å². The highest BCUT2D eigenvalue weighted by atomic mass is 16.6. The molecule has 0 atom stereocenters. The van der Waals surface area contributed by atoms with E-state index in [1.54, 1.807) is 4.90 Å². The van der Waals surface area contributed by atoms with Crippen LogP contribution in [-0.4, -0.2) is 31.1 Å². The zero-order valence-electron chi connectivity index (χ0n) is 7.25. The van der Waals surface area contributed by atoms with E-state index in [-0.39, 0.29) is 6.03 Å². The van der Waals surface area contributed by atoms with E-state index in [1.807, 2.05) is 0 Å². The Kier molecular flexibility index (Phi) is 1.92. The molecule has 68 valence electrons. The van der Waals surface area contributed by atoms with E-state index in [0.29, 0.717) is 0 Å². The highest BCUT2D eigenvalue weighted by Crippen LogP contribution is 2.41. The van der Waals surface area contributed by atoms with E-state index in [4.69, 9.17) is 0 Å². The lowest BCUT2D eigenvalue weighted by atomic mass is 9.95. The lowest BCUT2D eigenvalue weighted by Crippen LogP contribution is -2.54. The second kappa shape index (κ2) is 2.94. The number of nitrogens with one attached hydrogen (secondary N) is 1. The van der Waals surface area contributed by atoms with Crippen LogP contribution in [0, 0.1) is 11.8 Å². The van der Waals surface area contributed by atoms with Crippen LogP contribution < -0.4 is 5.48 Å². The normalized spacial score (nSPS) is 23.6. The summed E-state index contributed by atoms with van der Waals surface area (Å²) < 4.78 is 0. The molecule has 2 aliphatic rings. The van der Waals surface area contributed by atoms with Crippen molar-refractivity contribution in [2.45, 2.75) is 12.8 Å². The summed E-state index contributed by atoms with van der Waals surface area (Å²) in [5.74, 6) is 1.68. The number of hydrogen-bond donors (Lipinski definition) is 1. The van der Waals surface area contributed by atoms with Crippen LogP contribution in [0.15, 0.2) is 0 Å². The minimum absolute atomic E-state index is 0.102. The number of hydrogen-bond acceptors (Lipinski definition) is 2. The van der Waals surface area contributed by atoms with Crippen LogP contribution in [-0.2, 0) is 4.84 Å². The zero-order valence-corrected chi connectivity index (χ0v) is 7.25. The van der Waals surface area contributed by atoms with Crippen LogP contribution in [0.4, 0.5) is 4.79 Å². The third-order valence-corrected chi connectivity index (χ3v) is 2.68. The molecule has 12 heavy (non-hydrogen) atoms. The van der Waals surface area contributed by atoms with Gasteiger partial charge in [0.1, 0.15) is 0 Å². The molecular weight excluding hydrogens is 156 g/mol. The van der Waals surface area contributed by atoms with E-state index in [2.05, 4.69) is 10.3 Å². The quantitative estimate of drug-likeness (QED) is 0.616. The number of amides is 2. The van der Waals surface area contributed by atoms with Gasteiger partial charge in [-0.15, -0.1) is 0 Å². The Bertz CT molecular complexity index is 185. The molecule has 0 radical (unpaired) electrons. The van der Waals surface area contributed by atoms with E-state index < -0.39 is 0 Å². The van der Waals surface area contributed by atoms with E-state index in [1.165, 1.54) is 20.0 Å². The molecule has 0 aromatic carbocycles. The number of hydroxylamine groups is 1. The van der Waals surface area contributed by atoms with Crippen molar-refractivity contribution >= 4 is 6.03 Å². The minimum atomic E-state index is -0.102. The molecule has 4 nitrogen and oxygen atoms in total. The number of rotatable bonds is 2. The number of likely N-dealkylation sites (tertiary alicyclic amines) is 1. The standard InChI is InChI=1S/C8H14N2O2/c1-12-9-8(11)10-4-7(5-10)6-2-3-6/h6-7H,2-5H2,1H3,(H,9,11). The summed E-state index contributed by atoms with van der Waals surface area (Å²) in [6.07, 6.45) is 2.73. The Morgan fingerprint density at radius 2 is 2.08 bits per heavy atom. The van der Waals surface area contributed by atoms with Gasteiger partial charge in [0.2, 0.25) is 0 Å². The first kappa shape index (κ1) is 7.86. The fourth-order valence-electron chi connectivity index (χ4n) is 1.70. The molecule has 2 fully saturated rings. The van der Waals surface area contributed by atoms with Gasteiger partial charge in [-0.1, -0.05) is 0 Å². The van der Waals surface area contributed by atoms with Crippen LogP contribution in [0.2, 0.25) is 0 Å². The highest BCUT2D eigenvalue weighted by molar-refractivity contribution is 5.73. The van der Waals surface area contributed by atoms with Crippen LogP contribution in [0.3, 0.4) is 0 Å². The summed E-state index contributed by atoms with van der Waals surface area (Å²) in [7, 11) is 1.45. The molecule has 0 spiro atoms. The smallest absolute Gasteiger partial charge is 0.322 e. The Morgan fingerprint density at radius 1 is 1.42 bits per heavy atom. The first-order chi connectivity index (χ1) is 5.81. The fraction of sp³-hybridized carbons (Fsp3) is 0.875. The number of nitrogens with zero attached hydrogens (tertiary/aromatic N) is 1. The lowest BCUT2D eigenvalue weighted by Gasteiger charge is -2.38. The lowest BCUT2D eigenvalue weighted by molar-refractivity contribution is 0.0525. The van der Waals surface area contributed by atoms with Crippen LogP contribution in [0.5, 0.6) is 0 Å². The maximum atomic E-state index is 11.1. The summed E-state index contributed by atoms with van der Waals surface area (Å²) in [5, 5.41) is 0. The number of carbonyl (C=O) groups is 1. The fourth-order valence-corrected chi connectivity index (χ4v) is 1.70. The van der Waals surface area contributed by atoms with E-state index >= 15 is 0 Å². The molecule has 1 heterocycles. The van der Waals surface area contributed by atoms with Crippen molar-refractivity contribution in [1.29, 1.82) is 0 Å². The Labute approximate surface area is 71.8 Å². The van der Waals surface area contributed by atoms with Crippen LogP contribution >= 0.6 is 0 Å². The third kappa shape index (κ3) is 1.39. The average Bonchev–Trinajstić information content (AvgIpc) is 2.68. The van der Waals surface area contributed by atoms with Gasteiger partial charge in [-0.3, -0.25) is 4.84 Å². The first-order valence-electron chi connectivity index (χ1n) is 4.39. The van der Waals surface area contributed by atoms with Crippen molar-refractivity contribution in [2.24, 2.45) is 11.8 Å². The maximum Gasteiger partial charge on any atom is 0.341 e. The van der Waals surface area contributed by atoms with Gasteiger partial charge in [-0.25, -0.2) is 10.3 Å². The molecule has 1 aliphatic carbocycles. The molecule has 2 amide bonds.